The van der Waals surface area contributed by atoms with Crippen molar-refractivity contribution in [3.63, 3.8) is 0 Å². The normalized spacial score (nSPS) is 11.4. The second-order valence-corrected chi connectivity index (χ2v) is 5.14. The van der Waals surface area contributed by atoms with Gasteiger partial charge in [0, 0.05) is 17.1 Å². The molecule has 106 valence electrons. The van der Waals surface area contributed by atoms with E-state index in [4.69, 9.17) is 9.47 Å². The maximum Gasteiger partial charge on any atom is 0.349 e. The lowest BCUT2D eigenvalue weighted by Crippen LogP contribution is -2.39. The number of fused-ring (bicyclic) bond motifs is 1. The van der Waals surface area contributed by atoms with Crippen LogP contribution in [0.25, 0.3) is 10.9 Å². The van der Waals surface area contributed by atoms with E-state index in [1.54, 1.807) is 20.8 Å². The van der Waals surface area contributed by atoms with Crippen LogP contribution in [-0.2, 0) is 9.53 Å². The van der Waals surface area contributed by atoms with Crippen LogP contribution in [0.3, 0.4) is 0 Å². The number of aromatic nitrogens is 1. The van der Waals surface area contributed by atoms with E-state index in [-0.39, 0.29) is 5.97 Å². The lowest BCUT2D eigenvalue weighted by molar-refractivity contribution is -0.158. The Bertz CT molecular complexity index is 635. The molecular formula is C16H19NO3. The van der Waals surface area contributed by atoms with Crippen molar-refractivity contribution in [1.82, 2.24) is 4.98 Å². The number of hydrogen-bond donors (Lipinski definition) is 0. The van der Waals surface area contributed by atoms with Crippen LogP contribution >= 0.6 is 0 Å². The molecule has 2 aromatic rings. The molecule has 0 radical (unpaired) electrons. The van der Waals surface area contributed by atoms with E-state index < -0.39 is 5.60 Å². The first-order valence-electron chi connectivity index (χ1n) is 6.66. The fraction of sp³-hybridized carbons (Fsp3) is 0.375. The zero-order valence-corrected chi connectivity index (χ0v) is 12.3. The molecule has 0 atom stereocenters. The summed E-state index contributed by atoms with van der Waals surface area (Å²) >= 11 is 0. The molecule has 1 aromatic heterocycles. The number of carbonyl (C=O) groups is 1. The Labute approximate surface area is 118 Å². The van der Waals surface area contributed by atoms with Crippen molar-refractivity contribution < 1.29 is 14.3 Å². The van der Waals surface area contributed by atoms with E-state index in [0.717, 1.165) is 16.6 Å². The molecule has 0 spiro atoms. The number of benzene rings is 1. The molecule has 0 aliphatic rings. The van der Waals surface area contributed by atoms with Crippen LogP contribution in [0.2, 0.25) is 0 Å². The van der Waals surface area contributed by atoms with Crippen molar-refractivity contribution in [2.24, 2.45) is 0 Å². The molecular weight excluding hydrogens is 254 g/mol. The van der Waals surface area contributed by atoms with E-state index in [2.05, 4.69) is 4.98 Å². The zero-order chi connectivity index (χ0) is 14.8. The second-order valence-electron chi connectivity index (χ2n) is 5.14. The first kappa shape index (κ1) is 14.3. The van der Waals surface area contributed by atoms with Crippen LogP contribution in [-0.4, -0.2) is 23.2 Å². The lowest BCUT2D eigenvalue weighted by Gasteiger charge is -2.24. The number of ether oxygens (including phenoxy) is 2. The summed E-state index contributed by atoms with van der Waals surface area (Å²) in [5.74, 6) is 0.228. The highest BCUT2D eigenvalue weighted by atomic mass is 16.6. The van der Waals surface area contributed by atoms with Crippen LogP contribution in [0.5, 0.6) is 5.75 Å². The van der Waals surface area contributed by atoms with Crippen molar-refractivity contribution in [2.75, 3.05) is 6.61 Å². The summed E-state index contributed by atoms with van der Waals surface area (Å²) in [7, 11) is 0. The largest absolute Gasteiger partial charge is 0.476 e. The van der Waals surface area contributed by atoms with E-state index in [0.29, 0.717) is 12.4 Å². The summed E-state index contributed by atoms with van der Waals surface area (Å²) in [5.41, 5.74) is 0.773. The average molecular weight is 273 g/mol. The molecule has 4 heteroatoms. The van der Waals surface area contributed by atoms with E-state index in [9.17, 15) is 4.79 Å². The molecule has 1 aromatic carbocycles. The van der Waals surface area contributed by atoms with Gasteiger partial charge in [-0.05, 0) is 45.9 Å². The standard InChI is InChI=1S/C16H19NO3/c1-5-19-15(18)16(3,4)20-13-9-8-12-7-6-11(2)17-14(12)10-13/h6-10H,5H2,1-4H3. The van der Waals surface area contributed by atoms with Crippen molar-refractivity contribution in [2.45, 2.75) is 33.3 Å². The monoisotopic (exact) mass is 273 g/mol. The van der Waals surface area contributed by atoms with Gasteiger partial charge in [-0.1, -0.05) is 6.07 Å². The van der Waals surface area contributed by atoms with Gasteiger partial charge in [0.25, 0.3) is 0 Å². The van der Waals surface area contributed by atoms with E-state index >= 15 is 0 Å². The van der Waals surface area contributed by atoms with Crippen molar-refractivity contribution in [1.29, 1.82) is 0 Å². The highest BCUT2D eigenvalue weighted by molar-refractivity contribution is 5.81. The molecule has 0 bridgehead atoms. The van der Waals surface area contributed by atoms with Gasteiger partial charge in [-0.15, -0.1) is 0 Å². The van der Waals surface area contributed by atoms with Gasteiger partial charge in [0.2, 0.25) is 0 Å². The van der Waals surface area contributed by atoms with Crippen molar-refractivity contribution >= 4 is 16.9 Å². The maximum absolute atomic E-state index is 11.8. The first-order valence-corrected chi connectivity index (χ1v) is 6.66. The molecule has 2 rings (SSSR count). The van der Waals surface area contributed by atoms with Crippen LogP contribution in [0.4, 0.5) is 0 Å². The maximum atomic E-state index is 11.8. The van der Waals surface area contributed by atoms with Gasteiger partial charge >= 0.3 is 5.97 Å². The van der Waals surface area contributed by atoms with Crippen molar-refractivity contribution in [3.8, 4) is 5.75 Å². The summed E-state index contributed by atoms with van der Waals surface area (Å²) in [6, 6.07) is 9.57. The highest BCUT2D eigenvalue weighted by Gasteiger charge is 2.31. The van der Waals surface area contributed by atoms with E-state index in [1.807, 2.05) is 37.3 Å². The summed E-state index contributed by atoms with van der Waals surface area (Å²) < 4.78 is 10.8. The fourth-order valence-electron chi connectivity index (χ4n) is 1.90. The van der Waals surface area contributed by atoms with Gasteiger partial charge in [0.05, 0.1) is 12.1 Å². The highest BCUT2D eigenvalue weighted by Crippen LogP contribution is 2.24. The summed E-state index contributed by atoms with van der Waals surface area (Å²) in [4.78, 5) is 16.3. The van der Waals surface area contributed by atoms with Gasteiger partial charge in [-0.25, -0.2) is 4.79 Å². The molecule has 0 saturated carbocycles. The predicted molar refractivity (Wildman–Crippen MR) is 77.8 cm³/mol. The van der Waals surface area contributed by atoms with Gasteiger partial charge in [-0.3, -0.25) is 4.98 Å². The number of esters is 1. The predicted octanol–water partition coefficient (Wildman–Crippen LogP) is 3.26. The molecule has 1 heterocycles. The summed E-state index contributed by atoms with van der Waals surface area (Å²) in [6.07, 6.45) is 0. The third-order valence-electron chi connectivity index (χ3n) is 2.94. The lowest BCUT2D eigenvalue weighted by atomic mass is 10.1. The molecule has 0 fully saturated rings. The Balaban J connectivity index is 2.27. The summed E-state index contributed by atoms with van der Waals surface area (Å²) in [5, 5.41) is 1.04. The molecule has 0 aliphatic heterocycles. The fourth-order valence-corrected chi connectivity index (χ4v) is 1.90. The number of carbonyl (C=O) groups excluding carboxylic acids is 1. The Morgan fingerprint density at radius 3 is 2.65 bits per heavy atom. The number of pyridine rings is 1. The Hall–Kier alpha value is -2.10. The SMILES string of the molecule is CCOC(=O)C(C)(C)Oc1ccc2ccc(C)nc2c1. The van der Waals surface area contributed by atoms with Crippen LogP contribution < -0.4 is 4.74 Å². The third-order valence-corrected chi connectivity index (χ3v) is 2.94. The number of aryl methyl sites for hydroxylation is 1. The Morgan fingerprint density at radius 2 is 1.95 bits per heavy atom. The average Bonchev–Trinajstić information content (AvgIpc) is 2.38. The van der Waals surface area contributed by atoms with Gasteiger partial charge in [0.1, 0.15) is 5.75 Å². The van der Waals surface area contributed by atoms with Crippen LogP contribution in [0.1, 0.15) is 26.5 Å². The zero-order valence-electron chi connectivity index (χ0n) is 12.3. The molecule has 0 unspecified atom stereocenters. The van der Waals surface area contributed by atoms with Gasteiger partial charge in [0.15, 0.2) is 5.60 Å². The third kappa shape index (κ3) is 3.07. The number of rotatable bonds is 4. The molecule has 0 saturated heterocycles. The molecule has 4 nitrogen and oxygen atoms in total. The Kier molecular flexibility index (Phi) is 3.93. The topological polar surface area (TPSA) is 48.4 Å². The number of hydrogen-bond acceptors (Lipinski definition) is 4. The van der Waals surface area contributed by atoms with Crippen molar-refractivity contribution in [3.05, 3.63) is 36.0 Å². The smallest absolute Gasteiger partial charge is 0.349 e. The second kappa shape index (κ2) is 5.49. The van der Waals surface area contributed by atoms with Crippen LogP contribution in [0.15, 0.2) is 30.3 Å². The van der Waals surface area contributed by atoms with E-state index in [1.165, 1.54) is 0 Å². The van der Waals surface area contributed by atoms with Gasteiger partial charge in [-0.2, -0.15) is 0 Å². The molecule has 0 aliphatic carbocycles. The molecule has 20 heavy (non-hydrogen) atoms. The minimum Gasteiger partial charge on any atom is -0.476 e. The molecule has 0 amide bonds. The van der Waals surface area contributed by atoms with Crippen LogP contribution in [0, 0.1) is 6.92 Å². The Morgan fingerprint density at radius 1 is 1.25 bits per heavy atom. The quantitative estimate of drug-likeness (QED) is 0.802. The van der Waals surface area contributed by atoms with Gasteiger partial charge < -0.3 is 9.47 Å². The first-order chi connectivity index (χ1) is 9.42. The summed E-state index contributed by atoms with van der Waals surface area (Å²) in [6.45, 7) is 7.44. The molecule has 0 N–H and O–H groups in total. The number of nitrogens with zero attached hydrogens (tertiary/aromatic N) is 1. The minimum absolute atomic E-state index is 0.337. The minimum atomic E-state index is -1.02.